The van der Waals surface area contributed by atoms with E-state index in [4.69, 9.17) is 0 Å². The van der Waals surface area contributed by atoms with Crippen molar-refractivity contribution in [2.45, 2.75) is 32.4 Å². The van der Waals surface area contributed by atoms with Gasteiger partial charge in [-0.1, -0.05) is 13.0 Å². The second kappa shape index (κ2) is 5.87. The maximum absolute atomic E-state index is 4.33. The first-order valence-corrected chi connectivity index (χ1v) is 6.45. The van der Waals surface area contributed by atoms with Crippen LogP contribution in [0.5, 0.6) is 0 Å². The summed E-state index contributed by atoms with van der Waals surface area (Å²) >= 11 is 0. The molecule has 1 aliphatic heterocycles. The molecule has 4 heteroatoms. The maximum atomic E-state index is 4.33. The van der Waals surface area contributed by atoms with Gasteiger partial charge in [-0.3, -0.25) is 4.90 Å². The molecule has 2 rings (SSSR count). The van der Waals surface area contributed by atoms with Crippen LogP contribution in [-0.4, -0.2) is 40.1 Å². The lowest BCUT2D eigenvalue weighted by Gasteiger charge is -2.23. The van der Waals surface area contributed by atoms with Crippen molar-refractivity contribution in [2.24, 2.45) is 0 Å². The van der Waals surface area contributed by atoms with E-state index >= 15 is 0 Å². The van der Waals surface area contributed by atoms with Crippen LogP contribution in [0.3, 0.4) is 0 Å². The van der Waals surface area contributed by atoms with Crippen molar-refractivity contribution in [1.82, 2.24) is 14.5 Å². The summed E-state index contributed by atoms with van der Waals surface area (Å²) in [6, 6.07) is 0.665. The Kier molecular flexibility index (Phi) is 4.20. The summed E-state index contributed by atoms with van der Waals surface area (Å²) in [7, 11) is 0. The molecule has 0 spiro atoms. The minimum Gasteiger partial charge on any atom is -0.352 e. The highest BCUT2D eigenvalue weighted by molar-refractivity contribution is 5.26. The van der Waals surface area contributed by atoms with Gasteiger partial charge in [0.2, 0.25) is 5.95 Å². The lowest BCUT2D eigenvalue weighted by Crippen LogP contribution is -2.32. The molecule has 2 heterocycles. The molecule has 4 nitrogen and oxygen atoms in total. The molecule has 0 saturated carbocycles. The summed E-state index contributed by atoms with van der Waals surface area (Å²) in [5, 5.41) is 3.27. The molecule has 0 aromatic carbocycles. The number of imidazole rings is 1. The molecule has 1 N–H and O–H groups in total. The molecule has 1 fully saturated rings. The molecule has 1 saturated heterocycles. The van der Waals surface area contributed by atoms with Crippen LogP contribution in [0, 0.1) is 0 Å². The smallest absolute Gasteiger partial charge is 0.203 e. The highest BCUT2D eigenvalue weighted by Crippen LogP contribution is 2.19. The van der Waals surface area contributed by atoms with Crippen LogP contribution in [-0.2, 0) is 6.54 Å². The zero-order valence-electron chi connectivity index (χ0n) is 10.6. The Morgan fingerprint density at radius 3 is 3.29 bits per heavy atom. The van der Waals surface area contributed by atoms with Crippen molar-refractivity contribution in [1.29, 1.82) is 0 Å². The number of hydrogen-bond acceptors (Lipinski definition) is 3. The van der Waals surface area contributed by atoms with E-state index in [1.807, 2.05) is 12.3 Å². The van der Waals surface area contributed by atoms with Crippen molar-refractivity contribution >= 4 is 5.95 Å². The van der Waals surface area contributed by atoms with Gasteiger partial charge < -0.3 is 9.88 Å². The Bertz CT molecular complexity index is 358. The van der Waals surface area contributed by atoms with E-state index in [0.717, 1.165) is 25.6 Å². The van der Waals surface area contributed by atoms with Crippen molar-refractivity contribution < 1.29 is 0 Å². The molecular formula is C13H22N4. The predicted molar refractivity (Wildman–Crippen MR) is 71.2 cm³/mol. The van der Waals surface area contributed by atoms with Crippen molar-refractivity contribution in [3.63, 3.8) is 0 Å². The average Bonchev–Trinajstić information content (AvgIpc) is 2.96. The second-order valence-electron chi connectivity index (χ2n) is 4.50. The first kappa shape index (κ1) is 12.2. The van der Waals surface area contributed by atoms with Gasteiger partial charge in [-0.2, -0.15) is 0 Å². The van der Waals surface area contributed by atoms with Crippen molar-refractivity contribution in [3.8, 4) is 0 Å². The first-order valence-electron chi connectivity index (χ1n) is 6.45. The molecule has 0 bridgehead atoms. The molecular weight excluding hydrogens is 212 g/mol. The number of likely N-dealkylation sites (N-methyl/N-ethyl adjacent to an activating group) is 1. The Hall–Kier alpha value is -1.29. The second-order valence-corrected chi connectivity index (χ2v) is 4.50. The minimum atomic E-state index is 0.665. The summed E-state index contributed by atoms with van der Waals surface area (Å²) in [5.41, 5.74) is 0. The fourth-order valence-electron chi connectivity index (χ4n) is 2.53. The van der Waals surface area contributed by atoms with Gasteiger partial charge in [-0.05, 0) is 25.9 Å². The number of nitrogens with one attached hydrogen (secondary N) is 1. The number of anilines is 1. The molecule has 1 unspecified atom stereocenters. The molecule has 94 valence electrons. The zero-order chi connectivity index (χ0) is 12.1. The first-order chi connectivity index (χ1) is 8.35. The molecule has 0 aliphatic carbocycles. The summed E-state index contributed by atoms with van der Waals surface area (Å²) in [6.07, 6.45) is 8.39. The lowest BCUT2D eigenvalue weighted by molar-refractivity contribution is 0.245. The van der Waals surface area contributed by atoms with Crippen molar-refractivity contribution in [2.75, 3.05) is 25.0 Å². The SMILES string of the molecule is C=CCNc1nccn1CC1CCCN1CC. The topological polar surface area (TPSA) is 33.1 Å². The van der Waals surface area contributed by atoms with Gasteiger partial charge in [0, 0.05) is 31.5 Å². The average molecular weight is 234 g/mol. The Labute approximate surface area is 103 Å². The van der Waals surface area contributed by atoms with Gasteiger partial charge in [-0.25, -0.2) is 4.98 Å². The van der Waals surface area contributed by atoms with Crippen LogP contribution in [0.4, 0.5) is 5.95 Å². The van der Waals surface area contributed by atoms with Gasteiger partial charge >= 0.3 is 0 Å². The molecule has 1 aromatic rings. The molecule has 17 heavy (non-hydrogen) atoms. The quantitative estimate of drug-likeness (QED) is 0.764. The van der Waals surface area contributed by atoms with Crippen LogP contribution >= 0.6 is 0 Å². The van der Waals surface area contributed by atoms with E-state index in [2.05, 4.69) is 39.5 Å². The van der Waals surface area contributed by atoms with E-state index < -0.39 is 0 Å². The zero-order valence-corrected chi connectivity index (χ0v) is 10.6. The number of hydrogen-bond donors (Lipinski definition) is 1. The number of nitrogens with zero attached hydrogens (tertiary/aromatic N) is 3. The fraction of sp³-hybridized carbons (Fsp3) is 0.615. The number of aromatic nitrogens is 2. The van der Waals surface area contributed by atoms with E-state index in [-0.39, 0.29) is 0 Å². The summed E-state index contributed by atoms with van der Waals surface area (Å²) < 4.78 is 2.21. The van der Waals surface area contributed by atoms with Crippen LogP contribution in [0.15, 0.2) is 25.0 Å². The summed E-state index contributed by atoms with van der Waals surface area (Å²) in [6.45, 7) is 10.1. The van der Waals surface area contributed by atoms with E-state index in [1.165, 1.54) is 19.4 Å². The highest BCUT2D eigenvalue weighted by atomic mass is 15.2. The third-order valence-electron chi connectivity index (χ3n) is 3.43. The van der Waals surface area contributed by atoms with E-state index in [0.29, 0.717) is 6.04 Å². The number of rotatable bonds is 6. The third-order valence-corrected chi connectivity index (χ3v) is 3.43. The highest BCUT2D eigenvalue weighted by Gasteiger charge is 2.23. The number of likely N-dealkylation sites (tertiary alicyclic amines) is 1. The molecule has 1 atom stereocenters. The third kappa shape index (κ3) is 2.88. The van der Waals surface area contributed by atoms with E-state index in [1.54, 1.807) is 0 Å². The van der Waals surface area contributed by atoms with Gasteiger partial charge in [0.15, 0.2) is 0 Å². The van der Waals surface area contributed by atoms with Crippen LogP contribution in [0.1, 0.15) is 19.8 Å². The maximum Gasteiger partial charge on any atom is 0.203 e. The summed E-state index contributed by atoms with van der Waals surface area (Å²) in [4.78, 5) is 6.89. The van der Waals surface area contributed by atoms with Crippen molar-refractivity contribution in [3.05, 3.63) is 25.0 Å². The van der Waals surface area contributed by atoms with Gasteiger partial charge in [0.1, 0.15) is 0 Å². The van der Waals surface area contributed by atoms with Gasteiger partial charge in [0.05, 0.1) is 0 Å². The van der Waals surface area contributed by atoms with E-state index in [9.17, 15) is 0 Å². The van der Waals surface area contributed by atoms with Crippen LogP contribution in [0.25, 0.3) is 0 Å². The Balaban J connectivity index is 1.97. The minimum absolute atomic E-state index is 0.665. The molecule has 1 aliphatic rings. The van der Waals surface area contributed by atoms with Gasteiger partial charge in [0.25, 0.3) is 0 Å². The van der Waals surface area contributed by atoms with Crippen LogP contribution in [0.2, 0.25) is 0 Å². The molecule has 0 radical (unpaired) electrons. The largest absolute Gasteiger partial charge is 0.352 e. The summed E-state index contributed by atoms with van der Waals surface area (Å²) in [5.74, 6) is 0.952. The monoisotopic (exact) mass is 234 g/mol. The Morgan fingerprint density at radius 1 is 1.65 bits per heavy atom. The van der Waals surface area contributed by atoms with Crippen LogP contribution < -0.4 is 5.32 Å². The predicted octanol–water partition coefficient (Wildman–Crippen LogP) is 1.97. The molecule has 0 amide bonds. The molecule has 1 aromatic heterocycles. The lowest BCUT2D eigenvalue weighted by atomic mass is 10.2. The standard InChI is InChI=1S/C13H22N4/c1-3-7-14-13-15-8-10-17(13)11-12-6-5-9-16(12)4-2/h3,8,10,12H,1,4-7,9,11H2,2H3,(H,14,15). The van der Waals surface area contributed by atoms with Gasteiger partial charge in [-0.15, -0.1) is 6.58 Å². The Morgan fingerprint density at radius 2 is 2.53 bits per heavy atom. The normalized spacial score (nSPS) is 20.6. The fourth-order valence-corrected chi connectivity index (χ4v) is 2.53.